The van der Waals surface area contributed by atoms with E-state index in [-0.39, 0.29) is 23.8 Å². The highest BCUT2D eigenvalue weighted by Gasteiger charge is 2.35. The molecule has 0 aliphatic carbocycles. The van der Waals surface area contributed by atoms with Crippen molar-refractivity contribution in [1.82, 2.24) is 10.2 Å². The smallest absolute Gasteiger partial charge is 0.264 e. The van der Waals surface area contributed by atoms with E-state index in [1.54, 1.807) is 67.8 Å². The molecule has 9 heteroatoms. The predicted molar refractivity (Wildman–Crippen MR) is 173 cm³/mol. The second kappa shape index (κ2) is 14.2. The van der Waals surface area contributed by atoms with Gasteiger partial charge in [-0.05, 0) is 68.3 Å². The van der Waals surface area contributed by atoms with Gasteiger partial charge in [0.2, 0.25) is 11.8 Å². The zero-order chi connectivity index (χ0) is 31.7. The Kier molecular flexibility index (Phi) is 10.4. The van der Waals surface area contributed by atoms with Crippen LogP contribution in [0.5, 0.6) is 5.75 Å². The fourth-order valence-electron chi connectivity index (χ4n) is 4.82. The highest BCUT2D eigenvalue weighted by Crippen LogP contribution is 2.25. The lowest BCUT2D eigenvalue weighted by Crippen LogP contribution is -2.56. The fraction of sp³-hybridized carbons (Fsp3) is 0.257. The van der Waals surface area contributed by atoms with Gasteiger partial charge in [0.05, 0.1) is 17.7 Å². The molecular formula is C35H39N3O5S. The molecule has 0 aliphatic heterocycles. The molecule has 0 spiro atoms. The van der Waals surface area contributed by atoms with Crippen LogP contribution in [0.3, 0.4) is 0 Å². The summed E-state index contributed by atoms with van der Waals surface area (Å²) < 4.78 is 34.5. The van der Waals surface area contributed by atoms with Crippen molar-refractivity contribution in [3.05, 3.63) is 126 Å². The van der Waals surface area contributed by atoms with Gasteiger partial charge in [-0.2, -0.15) is 0 Å². The van der Waals surface area contributed by atoms with Gasteiger partial charge < -0.3 is 15.0 Å². The Labute approximate surface area is 260 Å². The van der Waals surface area contributed by atoms with E-state index in [1.165, 1.54) is 17.0 Å². The minimum absolute atomic E-state index is 0.0547. The van der Waals surface area contributed by atoms with Gasteiger partial charge in [-0.15, -0.1) is 0 Å². The topological polar surface area (TPSA) is 96.0 Å². The number of para-hydroxylation sites is 1. The molecule has 1 atom stereocenters. The summed E-state index contributed by atoms with van der Waals surface area (Å²) in [5, 5.41) is 3.03. The van der Waals surface area contributed by atoms with Crippen molar-refractivity contribution in [2.45, 2.75) is 50.2 Å². The third-order valence-electron chi connectivity index (χ3n) is 6.91. The van der Waals surface area contributed by atoms with Gasteiger partial charge in [0.1, 0.15) is 18.3 Å². The highest BCUT2D eigenvalue weighted by atomic mass is 32.2. The number of anilines is 1. The number of benzene rings is 4. The van der Waals surface area contributed by atoms with Crippen LogP contribution in [0.4, 0.5) is 5.69 Å². The minimum atomic E-state index is -4.13. The van der Waals surface area contributed by atoms with E-state index in [2.05, 4.69) is 5.32 Å². The molecule has 44 heavy (non-hydrogen) atoms. The van der Waals surface area contributed by atoms with E-state index in [0.29, 0.717) is 11.4 Å². The zero-order valence-corrected chi connectivity index (χ0v) is 26.3. The predicted octanol–water partition coefficient (Wildman–Crippen LogP) is 5.45. The molecule has 0 fully saturated rings. The average Bonchev–Trinajstić information content (AvgIpc) is 3.02. The maximum absolute atomic E-state index is 14.5. The lowest BCUT2D eigenvalue weighted by Gasteiger charge is -2.35. The molecular weight excluding hydrogens is 574 g/mol. The molecule has 0 radical (unpaired) electrons. The van der Waals surface area contributed by atoms with Crippen molar-refractivity contribution >= 4 is 27.5 Å². The Bertz CT molecular complexity index is 1640. The molecule has 0 saturated heterocycles. The molecule has 230 valence electrons. The summed E-state index contributed by atoms with van der Waals surface area (Å²) >= 11 is 0. The van der Waals surface area contributed by atoms with E-state index in [4.69, 9.17) is 4.74 Å². The van der Waals surface area contributed by atoms with Crippen LogP contribution in [0.25, 0.3) is 0 Å². The molecule has 0 heterocycles. The Hall–Kier alpha value is -4.63. The number of ether oxygens (including phenoxy) is 1. The summed E-state index contributed by atoms with van der Waals surface area (Å²) in [6.45, 7) is 5.17. The number of amides is 2. The van der Waals surface area contributed by atoms with Crippen molar-refractivity contribution in [2.24, 2.45) is 0 Å². The summed E-state index contributed by atoms with van der Waals surface area (Å²) in [6.07, 6.45) is 0.231. The van der Waals surface area contributed by atoms with Crippen LogP contribution in [0, 0.1) is 0 Å². The van der Waals surface area contributed by atoms with Gasteiger partial charge >= 0.3 is 0 Å². The van der Waals surface area contributed by atoms with Crippen molar-refractivity contribution in [3.63, 3.8) is 0 Å². The fourth-order valence-corrected chi connectivity index (χ4v) is 6.25. The molecule has 4 aromatic rings. The SMILES string of the molecule is COc1cccc(CN(C(=O)CN(c2ccccc2)S(=O)(=O)c2ccccc2)C(Cc2ccccc2)C(=O)NC(C)(C)C)c1. The van der Waals surface area contributed by atoms with Crippen LogP contribution in [0.15, 0.2) is 120 Å². The van der Waals surface area contributed by atoms with Crippen molar-refractivity contribution < 1.29 is 22.7 Å². The Morgan fingerprint density at radius 2 is 1.36 bits per heavy atom. The first-order valence-corrected chi connectivity index (χ1v) is 15.8. The first kappa shape index (κ1) is 32.3. The molecule has 4 rings (SSSR count). The van der Waals surface area contributed by atoms with Crippen LogP contribution < -0.4 is 14.4 Å². The van der Waals surface area contributed by atoms with Crippen molar-refractivity contribution in [3.8, 4) is 5.75 Å². The monoisotopic (exact) mass is 613 g/mol. The molecule has 4 aromatic carbocycles. The van der Waals surface area contributed by atoms with Crippen LogP contribution in [0.1, 0.15) is 31.9 Å². The second-order valence-corrected chi connectivity index (χ2v) is 13.3. The molecule has 2 amide bonds. The number of rotatable bonds is 12. The standard InChI is InChI=1S/C35H39N3O5S/c1-35(2,3)36-34(40)32(24-27-15-8-5-9-16-27)37(25-28-17-14-20-30(23-28)43-4)33(39)26-38(29-18-10-6-11-19-29)44(41,42)31-21-12-7-13-22-31/h5-23,32H,24-26H2,1-4H3,(H,36,40). The second-order valence-electron chi connectivity index (χ2n) is 11.5. The third-order valence-corrected chi connectivity index (χ3v) is 8.70. The normalized spacial score (nSPS) is 12.2. The first-order chi connectivity index (χ1) is 21.0. The number of nitrogens with zero attached hydrogens (tertiary/aromatic N) is 2. The molecule has 0 aromatic heterocycles. The van der Waals surface area contributed by atoms with E-state index in [1.807, 2.05) is 63.2 Å². The molecule has 8 nitrogen and oxygen atoms in total. The minimum Gasteiger partial charge on any atom is -0.497 e. The Morgan fingerprint density at radius 1 is 0.795 bits per heavy atom. The number of nitrogens with one attached hydrogen (secondary N) is 1. The third kappa shape index (κ3) is 8.48. The number of hydrogen-bond acceptors (Lipinski definition) is 5. The summed E-state index contributed by atoms with van der Waals surface area (Å²) in [5.41, 5.74) is 1.37. The number of hydrogen-bond donors (Lipinski definition) is 1. The summed E-state index contributed by atoms with van der Waals surface area (Å²) in [5.74, 6) is -0.262. The Morgan fingerprint density at radius 3 is 1.95 bits per heavy atom. The van der Waals surface area contributed by atoms with Crippen LogP contribution in [-0.2, 0) is 32.6 Å². The van der Waals surface area contributed by atoms with E-state index in [0.717, 1.165) is 15.4 Å². The van der Waals surface area contributed by atoms with Crippen LogP contribution >= 0.6 is 0 Å². The summed E-state index contributed by atoms with van der Waals surface area (Å²) in [6, 6.07) is 32.3. The van der Waals surface area contributed by atoms with Gasteiger partial charge in [-0.1, -0.05) is 78.9 Å². The van der Waals surface area contributed by atoms with Gasteiger partial charge in [0.15, 0.2) is 0 Å². The molecule has 0 bridgehead atoms. The zero-order valence-electron chi connectivity index (χ0n) is 25.5. The van der Waals surface area contributed by atoms with Gasteiger partial charge in [-0.3, -0.25) is 13.9 Å². The Balaban J connectivity index is 1.80. The van der Waals surface area contributed by atoms with Gasteiger partial charge in [-0.25, -0.2) is 8.42 Å². The first-order valence-electron chi connectivity index (χ1n) is 14.4. The largest absolute Gasteiger partial charge is 0.497 e. The van der Waals surface area contributed by atoms with Crippen molar-refractivity contribution in [2.75, 3.05) is 18.0 Å². The van der Waals surface area contributed by atoms with Crippen LogP contribution in [-0.4, -0.2) is 50.4 Å². The van der Waals surface area contributed by atoms with E-state index < -0.39 is 34.1 Å². The number of carbonyl (C=O) groups excluding carboxylic acids is 2. The maximum Gasteiger partial charge on any atom is 0.264 e. The molecule has 0 saturated carbocycles. The van der Waals surface area contributed by atoms with Gasteiger partial charge in [0.25, 0.3) is 10.0 Å². The van der Waals surface area contributed by atoms with E-state index in [9.17, 15) is 18.0 Å². The van der Waals surface area contributed by atoms with E-state index >= 15 is 0 Å². The summed E-state index contributed by atoms with van der Waals surface area (Å²) in [4.78, 5) is 29.9. The molecule has 1 unspecified atom stereocenters. The van der Waals surface area contributed by atoms with Crippen molar-refractivity contribution in [1.29, 1.82) is 0 Å². The molecule has 1 N–H and O–H groups in total. The highest BCUT2D eigenvalue weighted by molar-refractivity contribution is 7.92. The number of sulfonamides is 1. The number of carbonyl (C=O) groups is 2. The average molecular weight is 614 g/mol. The maximum atomic E-state index is 14.5. The quantitative estimate of drug-likeness (QED) is 0.230. The summed E-state index contributed by atoms with van der Waals surface area (Å²) in [7, 11) is -2.58. The lowest BCUT2D eigenvalue weighted by atomic mass is 10.0. The number of methoxy groups -OCH3 is 1. The van der Waals surface area contributed by atoms with Gasteiger partial charge in [0, 0.05) is 18.5 Å². The molecule has 0 aliphatic rings. The lowest BCUT2D eigenvalue weighted by molar-refractivity contribution is -0.140. The van der Waals surface area contributed by atoms with Crippen LogP contribution in [0.2, 0.25) is 0 Å².